The zero-order valence-corrected chi connectivity index (χ0v) is 12.2. The Balaban J connectivity index is 1.76. The molecule has 0 radical (unpaired) electrons. The van der Waals surface area contributed by atoms with Crippen LogP contribution >= 0.6 is 0 Å². The van der Waals surface area contributed by atoms with E-state index >= 15 is 0 Å². The summed E-state index contributed by atoms with van der Waals surface area (Å²) in [4.78, 5) is 16.8. The van der Waals surface area contributed by atoms with Crippen LogP contribution in [-0.2, 0) is 9.53 Å². The molecule has 0 aromatic heterocycles. The van der Waals surface area contributed by atoms with Gasteiger partial charge in [0, 0.05) is 57.9 Å². The summed E-state index contributed by atoms with van der Waals surface area (Å²) in [6.45, 7) is 8.34. The number of carbonyl (C=O) groups is 1. The minimum Gasteiger partial charge on any atom is -0.381 e. The van der Waals surface area contributed by atoms with Gasteiger partial charge in [-0.25, -0.2) is 0 Å². The van der Waals surface area contributed by atoms with Gasteiger partial charge in [-0.3, -0.25) is 9.69 Å². The van der Waals surface area contributed by atoms with Gasteiger partial charge >= 0.3 is 0 Å². The first-order valence-corrected chi connectivity index (χ1v) is 7.47. The Hall–Kier alpha value is -0.650. The highest BCUT2D eigenvalue weighted by atomic mass is 16.5. The fourth-order valence-corrected chi connectivity index (χ4v) is 3.06. The summed E-state index contributed by atoms with van der Waals surface area (Å²) in [5, 5.41) is 3.08. The van der Waals surface area contributed by atoms with Crippen LogP contribution in [0.2, 0.25) is 0 Å². The van der Waals surface area contributed by atoms with Crippen LogP contribution in [0.3, 0.4) is 0 Å². The van der Waals surface area contributed by atoms with Gasteiger partial charge in [-0.2, -0.15) is 0 Å². The van der Waals surface area contributed by atoms with Crippen molar-refractivity contribution in [3.05, 3.63) is 0 Å². The van der Waals surface area contributed by atoms with Crippen LogP contribution in [0, 0.1) is 5.92 Å². The molecule has 1 unspecified atom stereocenters. The highest BCUT2D eigenvalue weighted by Gasteiger charge is 2.28. The van der Waals surface area contributed by atoms with Crippen molar-refractivity contribution in [3.63, 3.8) is 0 Å². The van der Waals surface area contributed by atoms with E-state index in [1.807, 2.05) is 18.9 Å². The Morgan fingerprint density at radius 2 is 1.89 bits per heavy atom. The van der Waals surface area contributed by atoms with Crippen molar-refractivity contribution in [3.8, 4) is 0 Å². The molecular formula is C14H27N3O2. The minimum absolute atomic E-state index is 0.0830. The molecule has 2 heterocycles. The van der Waals surface area contributed by atoms with Gasteiger partial charge in [0.2, 0.25) is 5.91 Å². The number of nitrogens with one attached hydrogen (secondary N) is 1. The van der Waals surface area contributed by atoms with Crippen LogP contribution in [0.4, 0.5) is 0 Å². The molecule has 2 aliphatic rings. The van der Waals surface area contributed by atoms with E-state index in [0.717, 1.165) is 58.8 Å². The Bertz CT molecular complexity index is 284. The van der Waals surface area contributed by atoms with Crippen LogP contribution in [0.15, 0.2) is 0 Å². The van der Waals surface area contributed by atoms with E-state index in [0.29, 0.717) is 11.9 Å². The van der Waals surface area contributed by atoms with Crippen molar-refractivity contribution in [1.82, 2.24) is 15.1 Å². The van der Waals surface area contributed by atoms with Crippen molar-refractivity contribution in [2.24, 2.45) is 5.92 Å². The van der Waals surface area contributed by atoms with Gasteiger partial charge in [0.25, 0.3) is 0 Å². The van der Waals surface area contributed by atoms with Gasteiger partial charge in [0.1, 0.15) is 0 Å². The number of piperazine rings is 1. The molecule has 19 heavy (non-hydrogen) atoms. The fourth-order valence-electron chi connectivity index (χ4n) is 3.06. The molecule has 1 N–H and O–H groups in total. The number of ether oxygens (including phenoxy) is 1. The quantitative estimate of drug-likeness (QED) is 0.790. The van der Waals surface area contributed by atoms with Crippen molar-refractivity contribution in [2.45, 2.75) is 25.8 Å². The Kier molecular flexibility index (Phi) is 5.60. The zero-order valence-electron chi connectivity index (χ0n) is 12.2. The van der Waals surface area contributed by atoms with Crippen molar-refractivity contribution < 1.29 is 9.53 Å². The van der Waals surface area contributed by atoms with Crippen LogP contribution in [0.1, 0.15) is 19.8 Å². The number of amides is 1. The van der Waals surface area contributed by atoms with E-state index in [2.05, 4.69) is 10.2 Å². The van der Waals surface area contributed by atoms with Gasteiger partial charge in [0.15, 0.2) is 0 Å². The molecule has 2 saturated heterocycles. The largest absolute Gasteiger partial charge is 0.381 e. The lowest BCUT2D eigenvalue weighted by Crippen LogP contribution is -2.54. The van der Waals surface area contributed by atoms with Crippen molar-refractivity contribution >= 4 is 5.91 Å². The summed E-state index contributed by atoms with van der Waals surface area (Å²) >= 11 is 0. The molecule has 0 spiro atoms. The standard InChI is InChI=1S/C14H27N3O2/c1-12(11-15-2)14(18)17-7-5-16(6-8-17)13-3-9-19-10-4-13/h12-13,15H,3-11H2,1-2H3. The Morgan fingerprint density at radius 3 is 2.47 bits per heavy atom. The minimum atomic E-state index is 0.0830. The van der Waals surface area contributed by atoms with Gasteiger partial charge in [0.05, 0.1) is 0 Å². The SMILES string of the molecule is CNCC(C)C(=O)N1CCN(C2CCOCC2)CC1. The molecule has 0 aromatic rings. The smallest absolute Gasteiger partial charge is 0.226 e. The lowest BCUT2D eigenvalue weighted by molar-refractivity contribution is -0.137. The molecule has 2 fully saturated rings. The number of hydrogen-bond acceptors (Lipinski definition) is 4. The molecule has 110 valence electrons. The first-order chi connectivity index (χ1) is 9.22. The second-order valence-corrected chi connectivity index (χ2v) is 5.66. The van der Waals surface area contributed by atoms with E-state index in [4.69, 9.17) is 4.74 Å². The zero-order chi connectivity index (χ0) is 13.7. The lowest BCUT2D eigenvalue weighted by Gasteiger charge is -2.41. The van der Waals surface area contributed by atoms with Crippen molar-refractivity contribution in [1.29, 1.82) is 0 Å². The van der Waals surface area contributed by atoms with Crippen LogP contribution < -0.4 is 5.32 Å². The maximum Gasteiger partial charge on any atom is 0.226 e. The topological polar surface area (TPSA) is 44.8 Å². The van der Waals surface area contributed by atoms with Crippen LogP contribution in [-0.4, -0.2) is 74.7 Å². The monoisotopic (exact) mass is 269 g/mol. The molecule has 0 saturated carbocycles. The lowest BCUT2D eigenvalue weighted by atomic mass is 10.1. The van der Waals surface area contributed by atoms with Crippen LogP contribution in [0.25, 0.3) is 0 Å². The second kappa shape index (κ2) is 7.22. The molecular weight excluding hydrogens is 242 g/mol. The highest BCUT2D eigenvalue weighted by molar-refractivity contribution is 5.78. The third-order valence-corrected chi connectivity index (χ3v) is 4.27. The van der Waals surface area contributed by atoms with E-state index in [9.17, 15) is 4.79 Å². The van der Waals surface area contributed by atoms with E-state index in [1.165, 1.54) is 0 Å². The summed E-state index contributed by atoms with van der Waals surface area (Å²) < 4.78 is 5.41. The summed E-state index contributed by atoms with van der Waals surface area (Å²) in [6.07, 6.45) is 2.29. The molecule has 2 rings (SSSR count). The average Bonchev–Trinajstić information content (AvgIpc) is 2.48. The first-order valence-electron chi connectivity index (χ1n) is 7.47. The predicted molar refractivity (Wildman–Crippen MR) is 75.1 cm³/mol. The molecule has 1 amide bonds. The van der Waals surface area contributed by atoms with Gasteiger partial charge in [-0.05, 0) is 19.9 Å². The summed E-state index contributed by atoms with van der Waals surface area (Å²) in [6, 6.07) is 0.667. The van der Waals surface area contributed by atoms with E-state index in [1.54, 1.807) is 0 Å². The number of hydrogen-bond donors (Lipinski definition) is 1. The van der Waals surface area contributed by atoms with Gasteiger partial charge in [-0.15, -0.1) is 0 Å². The first kappa shape index (κ1) is 14.8. The fraction of sp³-hybridized carbons (Fsp3) is 0.929. The molecule has 0 aromatic carbocycles. The number of nitrogens with zero attached hydrogens (tertiary/aromatic N) is 2. The summed E-state index contributed by atoms with van der Waals surface area (Å²) in [5.74, 6) is 0.376. The van der Waals surface area contributed by atoms with Crippen LogP contribution in [0.5, 0.6) is 0 Å². The van der Waals surface area contributed by atoms with Crippen molar-refractivity contribution in [2.75, 3.05) is 53.0 Å². The molecule has 0 bridgehead atoms. The van der Waals surface area contributed by atoms with Gasteiger partial charge < -0.3 is 15.0 Å². The Morgan fingerprint density at radius 1 is 1.26 bits per heavy atom. The molecule has 5 nitrogen and oxygen atoms in total. The third-order valence-electron chi connectivity index (χ3n) is 4.27. The number of carbonyl (C=O) groups excluding carboxylic acids is 1. The second-order valence-electron chi connectivity index (χ2n) is 5.66. The van der Waals surface area contributed by atoms with E-state index in [-0.39, 0.29) is 5.92 Å². The summed E-state index contributed by atoms with van der Waals surface area (Å²) in [7, 11) is 1.90. The number of rotatable bonds is 4. The molecule has 2 aliphatic heterocycles. The average molecular weight is 269 g/mol. The predicted octanol–water partition coefficient (Wildman–Crippen LogP) is 0.165. The summed E-state index contributed by atoms with van der Waals surface area (Å²) in [5.41, 5.74) is 0. The molecule has 0 aliphatic carbocycles. The highest BCUT2D eigenvalue weighted by Crippen LogP contribution is 2.17. The van der Waals surface area contributed by atoms with E-state index < -0.39 is 0 Å². The Labute approximate surface area is 116 Å². The maximum absolute atomic E-state index is 12.2. The van der Waals surface area contributed by atoms with Gasteiger partial charge in [-0.1, -0.05) is 6.92 Å². The maximum atomic E-state index is 12.2. The molecule has 5 heteroatoms. The normalized spacial score (nSPS) is 24.4. The molecule has 1 atom stereocenters. The third kappa shape index (κ3) is 3.91.